The molecule has 0 aliphatic carbocycles. The number of hydrogen-bond acceptors (Lipinski definition) is 3. The molecule has 0 aliphatic rings. The summed E-state index contributed by atoms with van der Waals surface area (Å²) in [5.41, 5.74) is 15.1. The second kappa shape index (κ2) is 15.6. The minimum Gasteiger partial charge on any atom is -0.455 e. The van der Waals surface area contributed by atoms with E-state index in [0.29, 0.717) is 0 Å². The summed E-state index contributed by atoms with van der Waals surface area (Å²) in [5, 5.41) is 4.31. The molecule has 10 aromatic carbocycles. The molecule has 0 aliphatic heterocycles. The molecule has 0 saturated carbocycles. The molecule has 1 aromatic heterocycles. The molecule has 0 amide bonds. The first kappa shape index (κ1) is 36.0. The summed E-state index contributed by atoms with van der Waals surface area (Å²) < 4.78 is 6.94. The monoisotopic (exact) mass is 780 g/mol. The summed E-state index contributed by atoms with van der Waals surface area (Å²) >= 11 is 0. The lowest BCUT2D eigenvalue weighted by molar-refractivity contribution is 0.673. The quantitative estimate of drug-likeness (QED) is 0.145. The number of benzene rings is 10. The average molecular weight is 781 g/mol. The Hall–Kier alpha value is -8.14. The van der Waals surface area contributed by atoms with E-state index in [9.17, 15) is 0 Å². The molecular formula is C58H40N2O. The first-order chi connectivity index (χ1) is 30.3. The molecule has 0 radical (unpaired) electrons. The van der Waals surface area contributed by atoms with Crippen molar-refractivity contribution in [1.82, 2.24) is 0 Å². The van der Waals surface area contributed by atoms with E-state index >= 15 is 0 Å². The molecule has 0 atom stereocenters. The zero-order valence-corrected chi connectivity index (χ0v) is 33.4. The molecule has 0 fully saturated rings. The van der Waals surface area contributed by atoms with Gasteiger partial charge in [0.1, 0.15) is 11.2 Å². The Morgan fingerprint density at radius 2 is 0.705 bits per heavy atom. The van der Waals surface area contributed by atoms with Crippen LogP contribution in [-0.2, 0) is 0 Å². The smallest absolute Gasteiger partial charge is 0.143 e. The van der Waals surface area contributed by atoms with Crippen LogP contribution in [0.25, 0.3) is 66.1 Å². The van der Waals surface area contributed by atoms with Crippen molar-refractivity contribution in [3.63, 3.8) is 0 Å². The van der Waals surface area contributed by atoms with E-state index in [1.165, 1.54) is 22.3 Å². The highest BCUT2D eigenvalue weighted by atomic mass is 16.3. The van der Waals surface area contributed by atoms with Crippen LogP contribution in [0.3, 0.4) is 0 Å². The maximum absolute atomic E-state index is 6.94. The van der Waals surface area contributed by atoms with Crippen LogP contribution in [0.5, 0.6) is 0 Å². The molecule has 0 bridgehead atoms. The first-order valence-electron chi connectivity index (χ1n) is 20.8. The third kappa shape index (κ3) is 6.59. The molecule has 0 spiro atoms. The van der Waals surface area contributed by atoms with Crippen LogP contribution < -0.4 is 9.80 Å². The summed E-state index contributed by atoms with van der Waals surface area (Å²) in [5.74, 6) is 0. The van der Waals surface area contributed by atoms with Gasteiger partial charge < -0.3 is 14.2 Å². The van der Waals surface area contributed by atoms with E-state index in [2.05, 4.69) is 252 Å². The molecule has 1 heterocycles. The van der Waals surface area contributed by atoms with E-state index < -0.39 is 0 Å². The van der Waals surface area contributed by atoms with E-state index in [0.717, 1.165) is 78.0 Å². The number of anilines is 6. The third-order valence-electron chi connectivity index (χ3n) is 11.7. The molecule has 61 heavy (non-hydrogen) atoms. The Morgan fingerprint density at radius 1 is 0.279 bits per heavy atom. The van der Waals surface area contributed by atoms with Crippen molar-refractivity contribution in [2.24, 2.45) is 0 Å². The van der Waals surface area contributed by atoms with Crippen LogP contribution in [0.2, 0.25) is 0 Å². The van der Waals surface area contributed by atoms with Crippen molar-refractivity contribution in [3.05, 3.63) is 243 Å². The number of para-hydroxylation sites is 3. The lowest BCUT2D eigenvalue weighted by Crippen LogP contribution is -2.11. The van der Waals surface area contributed by atoms with Gasteiger partial charge in [-0.2, -0.15) is 0 Å². The van der Waals surface area contributed by atoms with Gasteiger partial charge in [0.15, 0.2) is 0 Å². The van der Waals surface area contributed by atoms with Gasteiger partial charge in [-0.25, -0.2) is 0 Å². The molecule has 3 heteroatoms. The Morgan fingerprint density at radius 3 is 1.28 bits per heavy atom. The fourth-order valence-corrected chi connectivity index (χ4v) is 8.81. The number of rotatable bonds is 9. The van der Waals surface area contributed by atoms with Crippen molar-refractivity contribution >= 4 is 66.8 Å². The minimum atomic E-state index is 0.849. The van der Waals surface area contributed by atoms with E-state index in [-0.39, 0.29) is 0 Å². The normalized spacial score (nSPS) is 11.3. The summed E-state index contributed by atoms with van der Waals surface area (Å²) in [4.78, 5) is 4.74. The van der Waals surface area contributed by atoms with Crippen molar-refractivity contribution in [2.45, 2.75) is 0 Å². The fourth-order valence-electron chi connectivity index (χ4n) is 8.81. The van der Waals surface area contributed by atoms with Crippen molar-refractivity contribution in [3.8, 4) is 33.4 Å². The van der Waals surface area contributed by atoms with Crippen LogP contribution in [0.4, 0.5) is 34.1 Å². The van der Waals surface area contributed by atoms with E-state index in [1.807, 2.05) is 0 Å². The molecule has 288 valence electrons. The van der Waals surface area contributed by atoms with Gasteiger partial charge in [-0.05, 0) is 94.5 Å². The van der Waals surface area contributed by atoms with E-state index in [4.69, 9.17) is 4.42 Å². The Balaban J connectivity index is 1.15. The third-order valence-corrected chi connectivity index (χ3v) is 11.7. The van der Waals surface area contributed by atoms with Gasteiger partial charge in [0.2, 0.25) is 0 Å². The molecule has 0 N–H and O–H groups in total. The number of furan rings is 1. The molecule has 0 saturated heterocycles. The molecule has 0 unspecified atom stereocenters. The molecule has 11 rings (SSSR count). The maximum atomic E-state index is 6.94. The summed E-state index contributed by atoms with van der Waals surface area (Å²) in [6.07, 6.45) is 0. The number of nitrogens with zero attached hydrogens (tertiary/aromatic N) is 2. The Kier molecular flexibility index (Phi) is 9.18. The molecule has 11 aromatic rings. The van der Waals surface area contributed by atoms with Gasteiger partial charge in [0, 0.05) is 49.9 Å². The summed E-state index contributed by atoms with van der Waals surface area (Å²) in [7, 11) is 0. The first-order valence-corrected chi connectivity index (χ1v) is 20.8. The summed E-state index contributed by atoms with van der Waals surface area (Å²) in [6, 6.07) is 86.4. The van der Waals surface area contributed by atoms with Crippen LogP contribution in [0, 0.1) is 0 Å². The Labute approximate surface area is 355 Å². The minimum absolute atomic E-state index is 0.849. The highest BCUT2D eigenvalue weighted by molar-refractivity contribution is 6.23. The van der Waals surface area contributed by atoms with Crippen LogP contribution in [0.15, 0.2) is 247 Å². The second-order valence-corrected chi connectivity index (χ2v) is 15.3. The second-order valence-electron chi connectivity index (χ2n) is 15.3. The largest absolute Gasteiger partial charge is 0.455 e. The molecule has 3 nitrogen and oxygen atoms in total. The van der Waals surface area contributed by atoms with Crippen LogP contribution >= 0.6 is 0 Å². The lowest BCUT2D eigenvalue weighted by Gasteiger charge is -2.28. The van der Waals surface area contributed by atoms with Gasteiger partial charge in [-0.3, -0.25) is 0 Å². The molecular weight excluding hydrogens is 741 g/mol. The van der Waals surface area contributed by atoms with Gasteiger partial charge in [0.05, 0.1) is 11.4 Å². The summed E-state index contributed by atoms with van der Waals surface area (Å²) in [6.45, 7) is 0. The van der Waals surface area contributed by atoms with Crippen molar-refractivity contribution in [2.75, 3.05) is 9.80 Å². The van der Waals surface area contributed by atoms with Gasteiger partial charge in [0.25, 0.3) is 0 Å². The fraction of sp³-hybridized carbons (Fsp3) is 0. The zero-order chi connectivity index (χ0) is 40.5. The van der Waals surface area contributed by atoms with Crippen molar-refractivity contribution < 1.29 is 4.42 Å². The zero-order valence-electron chi connectivity index (χ0n) is 33.4. The predicted molar refractivity (Wildman–Crippen MR) is 257 cm³/mol. The predicted octanol–water partition coefficient (Wildman–Crippen LogP) is 16.7. The highest BCUT2D eigenvalue weighted by Gasteiger charge is 2.24. The highest BCUT2D eigenvalue weighted by Crippen LogP contribution is 2.49. The van der Waals surface area contributed by atoms with Gasteiger partial charge in [-0.15, -0.1) is 0 Å². The Bertz CT molecular complexity index is 3150. The lowest BCUT2D eigenvalue weighted by atomic mass is 9.95. The van der Waals surface area contributed by atoms with Gasteiger partial charge >= 0.3 is 0 Å². The number of fused-ring (bicyclic) bond motifs is 5. The van der Waals surface area contributed by atoms with Gasteiger partial charge in [-0.1, -0.05) is 176 Å². The maximum Gasteiger partial charge on any atom is 0.143 e. The van der Waals surface area contributed by atoms with Crippen LogP contribution in [0.1, 0.15) is 0 Å². The topological polar surface area (TPSA) is 19.6 Å². The number of hydrogen-bond donors (Lipinski definition) is 0. The van der Waals surface area contributed by atoms with Crippen LogP contribution in [-0.4, -0.2) is 0 Å². The van der Waals surface area contributed by atoms with Crippen molar-refractivity contribution in [1.29, 1.82) is 0 Å². The van der Waals surface area contributed by atoms with E-state index in [1.54, 1.807) is 0 Å². The average Bonchev–Trinajstić information content (AvgIpc) is 3.73. The SMILES string of the molecule is c1ccc(-c2ccc(N(c3ccc(-c4ccccc4)cc3)c3cc4c(oc5cccc(-c6ccccc6N(c6ccccc6)c6ccccc6)c54)c4ccccc34)cc2)cc1. The standard InChI is InChI=1S/C58H40N2O/c1-5-18-41(19-6-1)43-32-36-47(37-33-43)60(48-38-34-44(35-39-48)42-20-7-2-8-21-42)55-40-53-57-51(29-17-31-56(57)61-58(53)52-28-14-13-27-50(52)55)49-26-15-16-30-54(49)59(45-22-9-3-10-23-45)46-24-11-4-12-25-46/h1-40H.